The van der Waals surface area contributed by atoms with Gasteiger partial charge in [0.25, 0.3) is 0 Å². The number of nitrogens with one attached hydrogen (secondary N) is 2. The maximum Gasteiger partial charge on any atom is 0.328 e. The quantitative estimate of drug-likeness (QED) is 0.262. The van der Waals surface area contributed by atoms with Crippen molar-refractivity contribution in [2.24, 2.45) is 11.5 Å². The first-order valence-electron chi connectivity index (χ1n) is 6.61. The van der Waals surface area contributed by atoms with Crippen LogP contribution in [0.2, 0.25) is 0 Å². The Labute approximate surface area is 127 Å². The maximum atomic E-state index is 12.0. The van der Waals surface area contributed by atoms with E-state index in [4.69, 9.17) is 16.6 Å². The van der Waals surface area contributed by atoms with Gasteiger partial charge < -0.3 is 32.3 Å². The zero-order valence-electron chi connectivity index (χ0n) is 12.4. The van der Waals surface area contributed by atoms with Crippen molar-refractivity contribution in [1.82, 2.24) is 10.6 Å². The standard InChI is InChI=1S/C12H22N4O6/c1-5(13)10(19)15-7(3-4-8(14)18)11(20)16-9(6(2)17)12(21)22/h5-7,9,17H,3-4,13H2,1-2H3,(H2,14,18)(H,15,19)(H,16,20)(H,21,22)/t5-,6+,7-,9-/m0/s1. The van der Waals surface area contributed by atoms with Crippen LogP contribution in [0.15, 0.2) is 0 Å². The third-order valence-electron chi connectivity index (χ3n) is 2.77. The molecule has 0 aliphatic heterocycles. The van der Waals surface area contributed by atoms with Crippen molar-refractivity contribution in [3.8, 4) is 0 Å². The van der Waals surface area contributed by atoms with Crippen LogP contribution < -0.4 is 22.1 Å². The predicted molar refractivity (Wildman–Crippen MR) is 75.3 cm³/mol. The first kappa shape index (κ1) is 19.8. The van der Waals surface area contributed by atoms with Gasteiger partial charge in [-0.15, -0.1) is 0 Å². The summed E-state index contributed by atoms with van der Waals surface area (Å²) in [7, 11) is 0. The summed E-state index contributed by atoms with van der Waals surface area (Å²) in [6, 6.07) is -3.63. The molecule has 0 aliphatic rings. The van der Waals surface area contributed by atoms with Gasteiger partial charge in [0.2, 0.25) is 17.7 Å². The lowest BCUT2D eigenvalue weighted by Gasteiger charge is -2.23. The minimum atomic E-state index is -1.55. The summed E-state index contributed by atoms with van der Waals surface area (Å²) in [6.07, 6.45) is -1.66. The number of hydrogen-bond donors (Lipinski definition) is 6. The van der Waals surface area contributed by atoms with E-state index < -0.39 is 47.9 Å². The normalized spacial score (nSPS) is 16.0. The van der Waals surface area contributed by atoms with Crippen LogP contribution in [-0.4, -0.2) is 58.1 Å². The molecular formula is C12H22N4O6. The number of carbonyl (C=O) groups excluding carboxylic acids is 3. The molecule has 3 amide bonds. The Morgan fingerprint density at radius 2 is 1.64 bits per heavy atom. The van der Waals surface area contributed by atoms with Crippen molar-refractivity contribution in [2.75, 3.05) is 0 Å². The van der Waals surface area contributed by atoms with E-state index >= 15 is 0 Å². The van der Waals surface area contributed by atoms with E-state index in [9.17, 15) is 24.3 Å². The largest absolute Gasteiger partial charge is 0.480 e. The molecule has 0 saturated heterocycles. The summed E-state index contributed by atoms with van der Waals surface area (Å²) < 4.78 is 0. The van der Waals surface area contributed by atoms with Gasteiger partial charge in [-0.2, -0.15) is 0 Å². The first-order chi connectivity index (χ1) is 10.1. The number of nitrogens with two attached hydrogens (primary N) is 2. The van der Waals surface area contributed by atoms with Crippen LogP contribution in [0, 0.1) is 0 Å². The van der Waals surface area contributed by atoms with E-state index in [0.717, 1.165) is 0 Å². The second-order valence-corrected chi connectivity index (χ2v) is 4.92. The van der Waals surface area contributed by atoms with Crippen molar-refractivity contribution in [3.05, 3.63) is 0 Å². The van der Waals surface area contributed by atoms with Crippen LogP contribution in [0.1, 0.15) is 26.7 Å². The average molecular weight is 318 g/mol. The molecule has 0 aliphatic carbocycles. The lowest BCUT2D eigenvalue weighted by atomic mass is 10.1. The second kappa shape index (κ2) is 8.95. The van der Waals surface area contributed by atoms with E-state index in [-0.39, 0.29) is 12.8 Å². The van der Waals surface area contributed by atoms with Crippen molar-refractivity contribution < 1.29 is 29.4 Å². The molecule has 0 saturated carbocycles. The number of rotatable bonds is 9. The van der Waals surface area contributed by atoms with Crippen LogP contribution in [-0.2, 0) is 19.2 Å². The molecule has 10 heteroatoms. The highest BCUT2D eigenvalue weighted by Crippen LogP contribution is 2.01. The highest BCUT2D eigenvalue weighted by molar-refractivity contribution is 5.92. The number of carbonyl (C=O) groups is 4. The van der Waals surface area contributed by atoms with Crippen LogP contribution in [0.5, 0.6) is 0 Å². The van der Waals surface area contributed by atoms with Gasteiger partial charge in [0, 0.05) is 6.42 Å². The van der Waals surface area contributed by atoms with Gasteiger partial charge in [-0.3, -0.25) is 14.4 Å². The maximum absolute atomic E-state index is 12.0. The van der Waals surface area contributed by atoms with Crippen molar-refractivity contribution in [3.63, 3.8) is 0 Å². The molecule has 0 aromatic heterocycles. The SMILES string of the molecule is C[C@H](N)C(=O)N[C@@H](CCC(N)=O)C(=O)N[C@H](C(=O)O)[C@@H](C)O. The first-order valence-corrected chi connectivity index (χ1v) is 6.61. The summed E-state index contributed by atoms with van der Waals surface area (Å²) in [5.41, 5.74) is 10.4. The molecule has 0 spiro atoms. The molecule has 10 nitrogen and oxygen atoms in total. The van der Waals surface area contributed by atoms with Crippen LogP contribution >= 0.6 is 0 Å². The van der Waals surface area contributed by atoms with Gasteiger partial charge in [-0.25, -0.2) is 4.79 Å². The summed E-state index contributed by atoms with van der Waals surface area (Å²) in [5, 5.41) is 22.6. The van der Waals surface area contributed by atoms with Crippen LogP contribution in [0.3, 0.4) is 0 Å². The topological polar surface area (TPSA) is 185 Å². The minimum absolute atomic E-state index is 0.119. The van der Waals surface area contributed by atoms with Gasteiger partial charge in [-0.05, 0) is 20.3 Å². The predicted octanol–water partition coefficient (Wildman–Crippen LogP) is -2.97. The molecule has 22 heavy (non-hydrogen) atoms. The number of aliphatic carboxylic acids is 1. The Balaban J connectivity index is 4.97. The smallest absolute Gasteiger partial charge is 0.328 e. The van der Waals surface area contributed by atoms with E-state index in [1.165, 1.54) is 13.8 Å². The minimum Gasteiger partial charge on any atom is -0.480 e. The molecule has 0 aromatic rings. The van der Waals surface area contributed by atoms with Crippen molar-refractivity contribution >= 4 is 23.7 Å². The Bertz CT molecular complexity index is 437. The molecule has 126 valence electrons. The summed E-state index contributed by atoms with van der Waals surface area (Å²) in [6.45, 7) is 2.59. The van der Waals surface area contributed by atoms with Gasteiger partial charge in [0.15, 0.2) is 6.04 Å². The fourth-order valence-corrected chi connectivity index (χ4v) is 1.50. The number of aliphatic hydroxyl groups excluding tert-OH is 1. The number of carboxylic acids is 1. The van der Waals surface area contributed by atoms with E-state index in [2.05, 4.69) is 10.6 Å². The Morgan fingerprint density at radius 1 is 1.09 bits per heavy atom. The van der Waals surface area contributed by atoms with Crippen LogP contribution in [0.4, 0.5) is 0 Å². The van der Waals surface area contributed by atoms with Crippen molar-refractivity contribution in [2.45, 2.75) is 50.9 Å². The third kappa shape index (κ3) is 6.99. The van der Waals surface area contributed by atoms with E-state index in [0.29, 0.717) is 0 Å². The number of primary amides is 1. The Kier molecular flexibility index (Phi) is 8.05. The van der Waals surface area contributed by atoms with E-state index in [1.54, 1.807) is 0 Å². The van der Waals surface area contributed by atoms with Crippen molar-refractivity contribution in [1.29, 1.82) is 0 Å². The van der Waals surface area contributed by atoms with E-state index in [1.807, 2.05) is 0 Å². The fraction of sp³-hybridized carbons (Fsp3) is 0.667. The number of hydrogen-bond acceptors (Lipinski definition) is 6. The fourth-order valence-electron chi connectivity index (χ4n) is 1.50. The molecule has 4 atom stereocenters. The Hall–Kier alpha value is -2.20. The number of amides is 3. The molecule has 0 rings (SSSR count). The zero-order chi connectivity index (χ0) is 17.4. The highest BCUT2D eigenvalue weighted by atomic mass is 16.4. The Morgan fingerprint density at radius 3 is 2.00 bits per heavy atom. The van der Waals surface area contributed by atoms with Gasteiger partial charge >= 0.3 is 5.97 Å². The van der Waals surface area contributed by atoms with Gasteiger partial charge in [0.1, 0.15) is 6.04 Å². The number of carboxylic acid groups (broad SMARTS) is 1. The third-order valence-corrected chi connectivity index (χ3v) is 2.77. The molecule has 0 heterocycles. The zero-order valence-corrected chi connectivity index (χ0v) is 12.4. The molecular weight excluding hydrogens is 296 g/mol. The monoisotopic (exact) mass is 318 g/mol. The lowest BCUT2D eigenvalue weighted by Crippen LogP contribution is -2.56. The highest BCUT2D eigenvalue weighted by Gasteiger charge is 2.29. The molecule has 0 aromatic carbocycles. The number of aliphatic hydroxyl groups is 1. The van der Waals surface area contributed by atoms with Crippen LogP contribution in [0.25, 0.3) is 0 Å². The summed E-state index contributed by atoms with van der Waals surface area (Å²) in [4.78, 5) is 45.3. The molecule has 0 fully saturated rings. The van der Waals surface area contributed by atoms with Gasteiger partial charge in [-0.1, -0.05) is 0 Å². The molecule has 0 radical (unpaired) electrons. The average Bonchev–Trinajstić information content (AvgIpc) is 2.38. The molecule has 0 bridgehead atoms. The second-order valence-electron chi connectivity index (χ2n) is 4.92. The molecule has 0 unspecified atom stereocenters. The van der Waals surface area contributed by atoms with Gasteiger partial charge in [0.05, 0.1) is 12.1 Å². The lowest BCUT2D eigenvalue weighted by molar-refractivity contribution is -0.145. The summed E-state index contributed by atoms with van der Waals surface area (Å²) in [5.74, 6) is -3.62. The molecule has 8 N–H and O–H groups in total. The summed E-state index contributed by atoms with van der Waals surface area (Å²) >= 11 is 0.